The summed E-state index contributed by atoms with van der Waals surface area (Å²) < 4.78 is 5.41. The molecule has 0 spiro atoms. The second-order valence-corrected chi connectivity index (χ2v) is 6.55. The Bertz CT molecular complexity index is 671. The number of nitrogens with zero attached hydrogens (tertiary/aromatic N) is 1. The molecule has 0 aliphatic heterocycles. The highest BCUT2D eigenvalue weighted by Gasteiger charge is 2.19. The smallest absolute Gasteiger partial charge is 0.123 e. The SMILES string of the molecule is COc1ccccc1CCC(C)(C)NCc1nc(N)ccc1CO. The van der Waals surface area contributed by atoms with Gasteiger partial charge in [-0.05, 0) is 44.4 Å². The second kappa shape index (κ2) is 8.13. The van der Waals surface area contributed by atoms with Gasteiger partial charge >= 0.3 is 0 Å². The van der Waals surface area contributed by atoms with Crippen LogP contribution in [0.5, 0.6) is 5.75 Å². The third kappa shape index (κ3) is 4.94. The molecule has 130 valence electrons. The monoisotopic (exact) mass is 329 g/mol. The molecule has 0 fully saturated rings. The number of pyridine rings is 1. The van der Waals surface area contributed by atoms with Gasteiger partial charge in [-0.15, -0.1) is 0 Å². The third-order valence-electron chi connectivity index (χ3n) is 4.21. The van der Waals surface area contributed by atoms with Crippen LogP contribution in [-0.2, 0) is 19.6 Å². The van der Waals surface area contributed by atoms with Crippen LogP contribution in [0.15, 0.2) is 36.4 Å². The van der Waals surface area contributed by atoms with Gasteiger partial charge in [-0.2, -0.15) is 0 Å². The van der Waals surface area contributed by atoms with Crippen molar-refractivity contribution in [1.82, 2.24) is 10.3 Å². The minimum Gasteiger partial charge on any atom is -0.496 e. The summed E-state index contributed by atoms with van der Waals surface area (Å²) in [6.07, 6.45) is 1.87. The number of aryl methyl sites for hydroxylation is 1. The molecule has 0 radical (unpaired) electrons. The summed E-state index contributed by atoms with van der Waals surface area (Å²) in [6, 6.07) is 11.6. The number of nitrogens with one attached hydrogen (secondary N) is 1. The first-order valence-corrected chi connectivity index (χ1v) is 8.17. The van der Waals surface area contributed by atoms with Crippen LogP contribution < -0.4 is 15.8 Å². The number of nitrogen functional groups attached to an aromatic ring is 1. The van der Waals surface area contributed by atoms with Crippen molar-refractivity contribution in [2.24, 2.45) is 0 Å². The standard InChI is InChI=1S/C19H27N3O2/c1-19(2,11-10-14-6-4-5-7-17(14)24-3)21-12-16-15(13-23)8-9-18(20)22-16/h4-9,21,23H,10-13H2,1-3H3,(H2,20,22). The van der Waals surface area contributed by atoms with Gasteiger partial charge in [0.2, 0.25) is 0 Å². The molecule has 4 N–H and O–H groups in total. The van der Waals surface area contributed by atoms with E-state index < -0.39 is 0 Å². The van der Waals surface area contributed by atoms with Crippen molar-refractivity contribution < 1.29 is 9.84 Å². The lowest BCUT2D eigenvalue weighted by Gasteiger charge is -2.27. The number of nitrogens with two attached hydrogens (primary N) is 1. The Morgan fingerprint density at radius 1 is 1.17 bits per heavy atom. The van der Waals surface area contributed by atoms with Gasteiger partial charge in [-0.1, -0.05) is 24.3 Å². The molecule has 0 unspecified atom stereocenters. The Balaban J connectivity index is 1.97. The summed E-state index contributed by atoms with van der Waals surface area (Å²) in [5.74, 6) is 1.39. The van der Waals surface area contributed by atoms with Gasteiger partial charge in [-0.3, -0.25) is 0 Å². The summed E-state index contributed by atoms with van der Waals surface area (Å²) >= 11 is 0. The van der Waals surface area contributed by atoms with Gasteiger partial charge < -0.3 is 20.9 Å². The van der Waals surface area contributed by atoms with E-state index in [0.29, 0.717) is 12.4 Å². The molecule has 0 aliphatic carbocycles. The number of ether oxygens (including phenoxy) is 1. The molecule has 2 rings (SSSR count). The number of hydrogen-bond acceptors (Lipinski definition) is 5. The van der Waals surface area contributed by atoms with Gasteiger partial charge in [0.05, 0.1) is 19.4 Å². The zero-order chi connectivity index (χ0) is 17.6. The maximum Gasteiger partial charge on any atom is 0.123 e. The first-order chi connectivity index (χ1) is 11.4. The van der Waals surface area contributed by atoms with Crippen molar-refractivity contribution in [3.63, 3.8) is 0 Å². The Labute approximate surface area is 143 Å². The first-order valence-electron chi connectivity index (χ1n) is 8.17. The Morgan fingerprint density at radius 3 is 2.62 bits per heavy atom. The van der Waals surface area contributed by atoms with Crippen molar-refractivity contribution in [2.45, 2.75) is 45.4 Å². The number of benzene rings is 1. The highest BCUT2D eigenvalue weighted by molar-refractivity contribution is 5.34. The molecule has 0 aliphatic rings. The maximum absolute atomic E-state index is 9.43. The summed E-state index contributed by atoms with van der Waals surface area (Å²) in [5, 5.41) is 12.9. The van der Waals surface area contributed by atoms with E-state index in [1.165, 1.54) is 5.56 Å². The number of anilines is 1. The van der Waals surface area contributed by atoms with Gasteiger partial charge in [0.1, 0.15) is 11.6 Å². The van der Waals surface area contributed by atoms with E-state index in [1.54, 1.807) is 13.2 Å². The van der Waals surface area contributed by atoms with Crippen molar-refractivity contribution >= 4 is 5.82 Å². The van der Waals surface area contributed by atoms with Crippen LogP contribution in [0, 0.1) is 0 Å². The molecule has 1 aromatic carbocycles. The fraction of sp³-hybridized carbons (Fsp3) is 0.421. The maximum atomic E-state index is 9.43. The molecule has 0 bridgehead atoms. The molecule has 5 nitrogen and oxygen atoms in total. The largest absolute Gasteiger partial charge is 0.496 e. The van der Waals surface area contributed by atoms with E-state index in [2.05, 4.69) is 30.2 Å². The number of aliphatic hydroxyl groups excluding tert-OH is 1. The molecule has 0 saturated carbocycles. The van der Waals surface area contributed by atoms with Crippen LogP contribution in [0.25, 0.3) is 0 Å². The fourth-order valence-electron chi connectivity index (χ4n) is 2.61. The molecule has 1 aromatic heterocycles. The van der Waals surface area contributed by atoms with Gasteiger partial charge in [0.25, 0.3) is 0 Å². The molecule has 2 aromatic rings. The summed E-state index contributed by atoms with van der Waals surface area (Å²) in [7, 11) is 1.70. The number of aliphatic hydroxyl groups is 1. The Morgan fingerprint density at radius 2 is 1.92 bits per heavy atom. The van der Waals surface area contributed by atoms with E-state index in [-0.39, 0.29) is 12.1 Å². The summed E-state index contributed by atoms with van der Waals surface area (Å²) in [5.41, 5.74) is 8.47. The average Bonchev–Trinajstić information content (AvgIpc) is 2.58. The molecule has 5 heteroatoms. The van der Waals surface area contributed by atoms with Gasteiger partial charge in [-0.25, -0.2) is 4.98 Å². The molecule has 24 heavy (non-hydrogen) atoms. The van der Waals surface area contributed by atoms with E-state index in [4.69, 9.17) is 10.5 Å². The highest BCUT2D eigenvalue weighted by Crippen LogP contribution is 2.22. The van der Waals surface area contributed by atoms with Crippen molar-refractivity contribution in [1.29, 1.82) is 0 Å². The Hall–Kier alpha value is -2.11. The van der Waals surface area contributed by atoms with Crippen molar-refractivity contribution in [3.8, 4) is 5.75 Å². The number of rotatable bonds is 8. The predicted molar refractivity (Wildman–Crippen MR) is 96.8 cm³/mol. The lowest BCUT2D eigenvalue weighted by Crippen LogP contribution is -2.39. The van der Waals surface area contributed by atoms with Crippen LogP contribution >= 0.6 is 0 Å². The molecule has 1 heterocycles. The van der Waals surface area contributed by atoms with E-state index >= 15 is 0 Å². The number of para-hydroxylation sites is 1. The molecule has 0 saturated heterocycles. The quantitative estimate of drug-likeness (QED) is 0.694. The van der Waals surface area contributed by atoms with Crippen LogP contribution in [-0.4, -0.2) is 22.7 Å². The van der Waals surface area contributed by atoms with Crippen molar-refractivity contribution in [2.75, 3.05) is 12.8 Å². The first kappa shape index (κ1) is 18.2. The molecule has 0 amide bonds. The van der Waals surface area contributed by atoms with Crippen LogP contribution in [0.3, 0.4) is 0 Å². The summed E-state index contributed by atoms with van der Waals surface area (Å²) in [4.78, 5) is 4.33. The zero-order valence-electron chi connectivity index (χ0n) is 14.7. The minimum absolute atomic E-state index is 0.0358. The topological polar surface area (TPSA) is 80.4 Å². The molecular formula is C19H27N3O2. The van der Waals surface area contributed by atoms with Crippen molar-refractivity contribution in [3.05, 3.63) is 53.2 Å². The van der Waals surface area contributed by atoms with E-state index in [0.717, 1.165) is 29.8 Å². The lowest BCUT2D eigenvalue weighted by atomic mass is 9.94. The van der Waals surface area contributed by atoms with Gasteiger partial charge in [0.15, 0.2) is 0 Å². The summed E-state index contributed by atoms with van der Waals surface area (Å²) in [6.45, 7) is 4.85. The Kier molecular flexibility index (Phi) is 6.17. The number of hydrogen-bond donors (Lipinski definition) is 3. The third-order valence-corrected chi connectivity index (χ3v) is 4.21. The van der Waals surface area contributed by atoms with Crippen LogP contribution in [0.2, 0.25) is 0 Å². The van der Waals surface area contributed by atoms with E-state index in [9.17, 15) is 5.11 Å². The minimum atomic E-state index is -0.0835. The lowest BCUT2D eigenvalue weighted by molar-refractivity contribution is 0.278. The molecule has 0 atom stereocenters. The zero-order valence-corrected chi connectivity index (χ0v) is 14.7. The number of methoxy groups -OCH3 is 1. The normalized spacial score (nSPS) is 11.5. The highest BCUT2D eigenvalue weighted by atomic mass is 16.5. The fourth-order valence-corrected chi connectivity index (χ4v) is 2.61. The second-order valence-electron chi connectivity index (χ2n) is 6.55. The number of aromatic nitrogens is 1. The van der Waals surface area contributed by atoms with Crippen LogP contribution in [0.4, 0.5) is 5.82 Å². The molecular weight excluding hydrogens is 302 g/mol. The predicted octanol–water partition coefficient (Wildman–Crippen LogP) is 2.67. The van der Waals surface area contributed by atoms with Gasteiger partial charge in [0, 0.05) is 17.6 Å². The average molecular weight is 329 g/mol. The van der Waals surface area contributed by atoms with E-state index in [1.807, 2.05) is 24.3 Å². The van der Waals surface area contributed by atoms with Crippen LogP contribution in [0.1, 0.15) is 37.1 Å².